The van der Waals surface area contributed by atoms with Crippen LogP contribution in [0.5, 0.6) is 5.75 Å². The van der Waals surface area contributed by atoms with Crippen LogP contribution in [0.2, 0.25) is 0 Å². The van der Waals surface area contributed by atoms with E-state index in [1.807, 2.05) is 6.92 Å². The smallest absolute Gasteiger partial charge is 0.355 e. The van der Waals surface area contributed by atoms with E-state index in [0.717, 1.165) is 22.1 Å². The fourth-order valence-electron chi connectivity index (χ4n) is 6.49. The molecule has 242 valence electrons. The first kappa shape index (κ1) is 31.5. The molecule has 3 N–H and O–H groups in total. The monoisotopic (exact) mass is 639 g/mol. The first-order chi connectivity index (χ1) is 22.6. The molecule has 0 spiro atoms. The number of carboxylic acids is 1. The van der Waals surface area contributed by atoms with Crippen molar-refractivity contribution in [1.82, 2.24) is 14.9 Å². The van der Waals surface area contributed by atoms with Crippen LogP contribution in [0.4, 0.5) is 0 Å². The predicted molar refractivity (Wildman–Crippen MR) is 168 cm³/mol. The minimum Gasteiger partial charge on any atom is -0.508 e. The minimum absolute atomic E-state index is 0.0463. The summed E-state index contributed by atoms with van der Waals surface area (Å²) in [5.41, 5.74) is 2.20. The lowest BCUT2D eigenvalue weighted by atomic mass is 9.85. The SMILES string of the molecule is CCc1c2c(nc3ccc(O)cc13)-c1cc3c(c(=O)n1C2)COC(=O)[C@@]3(CC)OC(=O)CCC(=O)N[C@@H](Cc1ccccc1)C(=O)O. The molecule has 2 aromatic carbocycles. The lowest BCUT2D eigenvalue weighted by Gasteiger charge is -2.35. The topological polar surface area (TPSA) is 174 Å². The van der Waals surface area contributed by atoms with Crippen LogP contribution < -0.4 is 10.9 Å². The molecule has 2 aromatic heterocycles. The normalized spacial score (nSPS) is 16.9. The van der Waals surface area contributed by atoms with Gasteiger partial charge in [0.25, 0.3) is 5.56 Å². The number of benzene rings is 2. The lowest BCUT2D eigenvalue weighted by Crippen LogP contribution is -2.47. The molecule has 6 rings (SSSR count). The molecule has 0 saturated heterocycles. The number of amides is 1. The number of fused-ring (bicyclic) bond motifs is 5. The number of hydrogen-bond donors (Lipinski definition) is 3. The molecule has 47 heavy (non-hydrogen) atoms. The van der Waals surface area contributed by atoms with Gasteiger partial charge in [0, 0.05) is 29.4 Å². The van der Waals surface area contributed by atoms with E-state index in [1.54, 1.807) is 66.1 Å². The Kier molecular flexibility index (Phi) is 8.27. The summed E-state index contributed by atoms with van der Waals surface area (Å²) in [6, 6.07) is 14.2. The number of nitrogens with zero attached hydrogens (tertiary/aromatic N) is 2. The number of aryl methyl sites for hydroxylation is 1. The van der Waals surface area contributed by atoms with Crippen molar-refractivity contribution >= 4 is 34.7 Å². The van der Waals surface area contributed by atoms with Crippen molar-refractivity contribution in [1.29, 1.82) is 0 Å². The molecule has 2 aliphatic heterocycles. The summed E-state index contributed by atoms with van der Waals surface area (Å²) < 4.78 is 12.7. The van der Waals surface area contributed by atoms with Crippen molar-refractivity contribution < 1.29 is 38.9 Å². The Balaban J connectivity index is 1.27. The molecule has 0 saturated carbocycles. The zero-order valence-electron chi connectivity index (χ0n) is 25.9. The number of pyridine rings is 2. The van der Waals surface area contributed by atoms with E-state index in [9.17, 15) is 34.2 Å². The number of carbonyl (C=O) groups excluding carboxylic acids is 3. The highest BCUT2D eigenvalue weighted by Crippen LogP contribution is 2.42. The first-order valence-electron chi connectivity index (χ1n) is 15.4. The number of aromatic hydroxyl groups is 1. The number of phenols is 1. The average Bonchev–Trinajstić information content (AvgIpc) is 3.42. The van der Waals surface area contributed by atoms with Crippen LogP contribution in [0.3, 0.4) is 0 Å². The number of ether oxygens (including phenoxy) is 2. The van der Waals surface area contributed by atoms with Gasteiger partial charge in [-0.05, 0) is 48.2 Å². The Morgan fingerprint density at radius 3 is 2.53 bits per heavy atom. The highest BCUT2D eigenvalue weighted by atomic mass is 16.6. The Morgan fingerprint density at radius 2 is 1.83 bits per heavy atom. The van der Waals surface area contributed by atoms with Crippen LogP contribution in [0.1, 0.15) is 60.9 Å². The highest BCUT2D eigenvalue weighted by Gasteiger charge is 2.50. The van der Waals surface area contributed by atoms with Crippen LogP contribution in [-0.2, 0) is 60.2 Å². The van der Waals surface area contributed by atoms with E-state index in [1.165, 1.54) is 0 Å². The maximum absolute atomic E-state index is 13.9. The van der Waals surface area contributed by atoms with Crippen LogP contribution in [0, 0.1) is 0 Å². The average molecular weight is 640 g/mol. The number of aliphatic carboxylic acids is 1. The molecule has 0 bridgehead atoms. The maximum Gasteiger partial charge on any atom is 0.355 e. The van der Waals surface area contributed by atoms with Crippen molar-refractivity contribution in [3.05, 3.63) is 92.8 Å². The van der Waals surface area contributed by atoms with Gasteiger partial charge in [0.2, 0.25) is 11.5 Å². The Labute approximate surface area is 269 Å². The summed E-state index contributed by atoms with van der Waals surface area (Å²) in [4.78, 5) is 69.7. The minimum atomic E-state index is -1.94. The number of rotatable bonds is 10. The van der Waals surface area contributed by atoms with Gasteiger partial charge in [-0.25, -0.2) is 14.6 Å². The summed E-state index contributed by atoms with van der Waals surface area (Å²) in [6.45, 7) is 3.55. The molecule has 0 radical (unpaired) electrons. The van der Waals surface area contributed by atoms with Crippen molar-refractivity contribution in [3.8, 4) is 17.1 Å². The van der Waals surface area contributed by atoms with Gasteiger partial charge in [0.05, 0.1) is 35.4 Å². The van der Waals surface area contributed by atoms with E-state index in [2.05, 4.69) is 5.32 Å². The third-order valence-electron chi connectivity index (χ3n) is 8.87. The molecular formula is C35H33N3O9. The molecule has 0 unspecified atom stereocenters. The highest BCUT2D eigenvalue weighted by molar-refractivity contribution is 5.91. The summed E-state index contributed by atoms with van der Waals surface area (Å²) in [7, 11) is 0. The molecule has 4 heterocycles. The van der Waals surface area contributed by atoms with Gasteiger partial charge in [0.15, 0.2) is 0 Å². The van der Waals surface area contributed by atoms with Crippen molar-refractivity contribution in [2.75, 3.05) is 0 Å². The number of carbonyl (C=O) groups is 4. The molecule has 1 amide bonds. The van der Waals surface area contributed by atoms with Crippen molar-refractivity contribution in [3.63, 3.8) is 0 Å². The Hall–Kier alpha value is -5.52. The van der Waals surface area contributed by atoms with Gasteiger partial charge in [-0.1, -0.05) is 44.2 Å². The van der Waals surface area contributed by atoms with E-state index < -0.39 is 47.4 Å². The lowest BCUT2D eigenvalue weighted by molar-refractivity contribution is -0.189. The summed E-state index contributed by atoms with van der Waals surface area (Å²) in [6.07, 6.45) is -0.190. The number of esters is 2. The van der Waals surface area contributed by atoms with Gasteiger partial charge in [-0.15, -0.1) is 0 Å². The number of aromatic nitrogens is 2. The molecule has 0 fully saturated rings. The molecule has 12 heteroatoms. The van der Waals surface area contributed by atoms with E-state index in [-0.39, 0.29) is 49.3 Å². The summed E-state index contributed by atoms with van der Waals surface area (Å²) >= 11 is 0. The van der Waals surface area contributed by atoms with Crippen LogP contribution in [0.15, 0.2) is 59.4 Å². The van der Waals surface area contributed by atoms with Crippen molar-refractivity contribution in [2.24, 2.45) is 0 Å². The van der Waals surface area contributed by atoms with Crippen LogP contribution in [0.25, 0.3) is 22.3 Å². The molecule has 12 nitrogen and oxygen atoms in total. The quantitative estimate of drug-likeness (QED) is 0.192. The molecule has 2 aliphatic rings. The Morgan fingerprint density at radius 1 is 1.06 bits per heavy atom. The van der Waals surface area contributed by atoms with Gasteiger partial charge >= 0.3 is 17.9 Å². The zero-order valence-corrected chi connectivity index (χ0v) is 25.9. The second kappa shape index (κ2) is 12.3. The third kappa shape index (κ3) is 5.60. The molecule has 4 aromatic rings. The largest absolute Gasteiger partial charge is 0.508 e. The number of cyclic esters (lactones) is 1. The maximum atomic E-state index is 13.9. The summed E-state index contributed by atoms with van der Waals surface area (Å²) in [5, 5.41) is 22.9. The van der Waals surface area contributed by atoms with Crippen molar-refractivity contribution in [2.45, 2.75) is 70.7 Å². The third-order valence-corrected chi connectivity index (χ3v) is 8.87. The number of hydrogen-bond acceptors (Lipinski definition) is 9. The fraction of sp³-hybridized carbons (Fsp3) is 0.314. The predicted octanol–water partition coefficient (Wildman–Crippen LogP) is 3.49. The zero-order chi connectivity index (χ0) is 33.5. The molecular weight excluding hydrogens is 606 g/mol. The molecule has 2 atom stereocenters. The number of carboxylic acid groups (broad SMARTS) is 1. The van der Waals surface area contributed by atoms with Crippen LogP contribution in [-0.4, -0.2) is 49.6 Å². The van der Waals surface area contributed by atoms with Crippen LogP contribution >= 0.6 is 0 Å². The Bertz CT molecular complexity index is 2000. The van der Waals surface area contributed by atoms with E-state index in [0.29, 0.717) is 23.3 Å². The van der Waals surface area contributed by atoms with E-state index in [4.69, 9.17) is 14.5 Å². The van der Waals surface area contributed by atoms with Gasteiger partial charge in [-0.3, -0.25) is 14.4 Å². The van der Waals surface area contributed by atoms with Gasteiger partial charge in [0.1, 0.15) is 18.4 Å². The van der Waals surface area contributed by atoms with E-state index >= 15 is 0 Å². The summed E-state index contributed by atoms with van der Waals surface area (Å²) in [5.74, 6) is -3.51. The molecule has 0 aliphatic carbocycles. The van der Waals surface area contributed by atoms with Gasteiger partial charge < -0.3 is 29.6 Å². The number of nitrogens with one attached hydrogen (secondary N) is 1. The number of phenolic OH excluding ortho intramolecular Hbond substituents is 1. The van der Waals surface area contributed by atoms with Gasteiger partial charge in [-0.2, -0.15) is 0 Å². The standard InChI is InChI=1S/C35H33N3O9/c1-3-21-22-15-20(39)10-11-26(22)37-31-23(21)17-38-28(31)16-25-24(32(38)42)18-46-34(45)35(25,4-2)47-30(41)13-12-29(40)36-27(33(43)44)14-19-8-6-5-7-9-19/h5-11,15-16,27,39H,3-4,12-14,17-18H2,1-2H3,(H,36,40)(H,43,44)/t27-,35-/m0/s1. The fourth-order valence-corrected chi connectivity index (χ4v) is 6.49. The first-order valence-corrected chi connectivity index (χ1v) is 15.4. The second-order valence-electron chi connectivity index (χ2n) is 11.7. The second-order valence-corrected chi connectivity index (χ2v) is 11.7.